The van der Waals surface area contributed by atoms with Crippen molar-refractivity contribution in [3.05, 3.63) is 29.8 Å². The molecule has 1 N–H and O–H groups in total. The maximum atomic E-state index is 10.9. The Kier molecular flexibility index (Phi) is 5.11. The van der Waals surface area contributed by atoms with Crippen molar-refractivity contribution < 1.29 is 14.6 Å². The highest BCUT2D eigenvalue weighted by Crippen LogP contribution is 2.29. The number of aromatic carboxylic acids is 1. The van der Waals surface area contributed by atoms with Crippen LogP contribution in [0.3, 0.4) is 0 Å². The molecular formula is C19H28N2O3. The van der Waals surface area contributed by atoms with Crippen LogP contribution in [0.5, 0.6) is 0 Å². The molecule has 132 valence electrons. The summed E-state index contributed by atoms with van der Waals surface area (Å²) in [6, 6.07) is 7.21. The number of hydrogen-bond acceptors (Lipinski definition) is 4. The second kappa shape index (κ2) is 7.11. The van der Waals surface area contributed by atoms with Crippen LogP contribution in [0.15, 0.2) is 24.3 Å². The smallest absolute Gasteiger partial charge is 0.335 e. The fraction of sp³-hybridized carbons (Fsp3) is 0.632. The first-order valence-corrected chi connectivity index (χ1v) is 8.87. The van der Waals surface area contributed by atoms with Gasteiger partial charge in [0.15, 0.2) is 0 Å². The number of carbonyl (C=O) groups is 1. The lowest BCUT2D eigenvalue weighted by atomic mass is 9.88. The van der Waals surface area contributed by atoms with Gasteiger partial charge in [-0.15, -0.1) is 0 Å². The summed E-state index contributed by atoms with van der Waals surface area (Å²) in [5, 5.41) is 8.98. The van der Waals surface area contributed by atoms with E-state index in [1.165, 1.54) is 13.0 Å². The van der Waals surface area contributed by atoms with E-state index in [0.29, 0.717) is 5.56 Å². The molecule has 3 rings (SSSR count). The van der Waals surface area contributed by atoms with Gasteiger partial charge in [0.25, 0.3) is 0 Å². The first kappa shape index (κ1) is 17.2. The van der Waals surface area contributed by atoms with Gasteiger partial charge in [0, 0.05) is 45.0 Å². The number of anilines is 1. The number of piperazine rings is 1. The van der Waals surface area contributed by atoms with Gasteiger partial charge in [-0.2, -0.15) is 0 Å². The molecule has 1 aromatic rings. The van der Waals surface area contributed by atoms with E-state index in [-0.39, 0.29) is 5.60 Å². The quantitative estimate of drug-likeness (QED) is 0.919. The van der Waals surface area contributed by atoms with Gasteiger partial charge in [-0.25, -0.2) is 4.79 Å². The Balaban J connectivity index is 1.49. The van der Waals surface area contributed by atoms with Crippen LogP contribution in [0.1, 0.15) is 37.0 Å². The molecule has 5 heteroatoms. The molecule has 0 radical (unpaired) electrons. The molecule has 0 aromatic heterocycles. The summed E-state index contributed by atoms with van der Waals surface area (Å²) in [5.41, 5.74) is 1.49. The van der Waals surface area contributed by atoms with Crippen LogP contribution >= 0.6 is 0 Å². The third kappa shape index (κ3) is 4.28. The van der Waals surface area contributed by atoms with Crippen LogP contribution in [0, 0.1) is 5.92 Å². The molecule has 2 saturated heterocycles. The highest BCUT2D eigenvalue weighted by atomic mass is 16.5. The Labute approximate surface area is 144 Å². The van der Waals surface area contributed by atoms with E-state index in [4.69, 9.17) is 9.84 Å². The fourth-order valence-corrected chi connectivity index (χ4v) is 3.88. The Morgan fingerprint density at radius 1 is 1.21 bits per heavy atom. The molecule has 0 bridgehead atoms. The first-order valence-electron chi connectivity index (χ1n) is 8.87. The molecule has 0 unspecified atom stereocenters. The molecule has 0 saturated carbocycles. The van der Waals surface area contributed by atoms with Crippen molar-refractivity contribution in [1.82, 2.24) is 4.90 Å². The maximum Gasteiger partial charge on any atom is 0.335 e. The Morgan fingerprint density at radius 2 is 1.88 bits per heavy atom. The van der Waals surface area contributed by atoms with E-state index >= 15 is 0 Å². The average molecular weight is 332 g/mol. The minimum Gasteiger partial charge on any atom is -0.478 e. The van der Waals surface area contributed by atoms with Crippen LogP contribution < -0.4 is 4.90 Å². The molecule has 24 heavy (non-hydrogen) atoms. The zero-order valence-corrected chi connectivity index (χ0v) is 14.7. The normalized spacial score (nSPS) is 24.8. The number of hydrogen-bond donors (Lipinski definition) is 1. The van der Waals surface area contributed by atoms with E-state index in [2.05, 4.69) is 23.6 Å². The number of carboxylic acids is 1. The zero-order valence-electron chi connectivity index (χ0n) is 14.7. The molecule has 0 spiro atoms. The van der Waals surface area contributed by atoms with Crippen molar-refractivity contribution in [2.75, 3.05) is 44.2 Å². The lowest BCUT2D eigenvalue weighted by Crippen LogP contribution is -2.49. The maximum absolute atomic E-state index is 10.9. The second-order valence-electron chi connectivity index (χ2n) is 7.61. The summed E-state index contributed by atoms with van der Waals surface area (Å²) in [5.74, 6) is -0.138. The molecule has 2 aliphatic heterocycles. The van der Waals surface area contributed by atoms with Gasteiger partial charge in [-0.3, -0.25) is 4.90 Å². The lowest BCUT2D eigenvalue weighted by Gasteiger charge is -2.41. The van der Waals surface area contributed by atoms with Crippen molar-refractivity contribution in [3.63, 3.8) is 0 Å². The summed E-state index contributed by atoms with van der Waals surface area (Å²) in [7, 11) is 0. The van der Waals surface area contributed by atoms with Crippen LogP contribution in [-0.4, -0.2) is 60.9 Å². The summed E-state index contributed by atoms with van der Waals surface area (Å²) >= 11 is 0. The fourth-order valence-electron chi connectivity index (χ4n) is 3.88. The summed E-state index contributed by atoms with van der Waals surface area (Å²) in [6.07, 6.45) is 2.31. The van der Waals surface area contributed by atoms with Gasteiger partial charge < -0.3 is 14.7 Å². The van der Waals surface area contributed by atoms with Crippen LogP contribution in [0.2, 0.25) is 0 Å². The Morgan fingerprint density at radius 3 is 2.46 bits per heavy atom. The predicted octanol–water partition coefficient (Wildman–Crippen LogP) is 2.71. The van der Waals surface area contributed by atoms with Crippen LogP contribution in [0.4, 0.5) is 5.69 Å². The Hall–Kier alpha value is -1.59. The number of rotatable bonds is 4. The minimum atomic E-state index is -0.870. The number of nitrogens with zero attached hydrogens (tertiary/aromatic N) is 2. The molecule has 1 aromatic carbocycles. The predicted molar refractivity (Wildman–Crippen MR) is 94.8 cm³/mol. The largest absolute Gasteiger partial charge is 0.478 e. The van der Waals surface area contributed by atoms with Gasteiger partial charge in [-0.05, 0) is 56.9 Å². The first-order chi connectivity index (χ1) is 11.4. The molecule has 2 heterocycles. The molecule has 0 aliphatic carbocycles. The second-order valence-corrected chi connectivity index (χ2v) is 7.61. The van der Waals surface area contributed by atoms with E-state index in [9.17, 15) is 4.79 Å². The van der Waals surface area contributed by atoms with Crippen molar-refractivity contribution in [2.24, 2.45) is 5.92 Å². The molecule has 2 aliphatic rings. The Bertz CT molecular complexity index is 562. The number of carboxylic acid groups (broad SMARTS) is 1. The highest BCUT2D eigenvalue weighted by molar-refractivity contribution is 5.88. The third-order valence-corrected chi connectivity index (χ3v) is 5.17. The van der Waals surface area contributed by atoms with Crippen LogP contribution in [0.25, 0.3) is 0 Å². The van der Waals surface area contributed by atoms with E-state index in [0.717, 1.165) is 50.8 Å². The van der Waals surface area contributed by atoms with E-state index < -0.39 is 5.97 Å². The van der Waals surface area contributed by atoms with Gasteiger partial charge >= 0.3 is 5.97 Å². The molecule has 0 amide bonds. The van der Waals surface area contributed by atoms with Gasteiger partial charge in [0.2, 0.25) is 0 Å². The lowest BCUT2D eigenvalue weighted by molar-refractivity contribution is -0.0769. The van der Waals surface area contributed by atoms with Gasteiger partial charge in [0.1, 0.15) is 0 Å². The van der Waals surface area contributed by atoms with E-state index in [1.54, 1.807) is 12.1 Å². The van der Waals surface area contributed by atoms with Crippen molar-refractivity contribution in [2.45, 2.75) is 32.3 Å². The number of ether oxygens (including phenoxy) is 1. The van der Waals surface area contributed by atoms with Crippen molar-refractivity contribution >= 4 is 11.7 Å². The monoisotopic (exact) mass is 332 g/mol. The third-order valence-electron chi connectivity index (χ3n) is 5.17. The number of benzene rings is 1. The highest BCUT2D eigenvalue weighted by Gasteiger charge is 2.30. The zero-order chi connectivity index (χ0) is 17.2. The van der Waals surface area contributed by atoms with Crippen LogP contribution in [-0.2, 0) is 4.74 Å². The minimum absolute atomic E-state index is 0.0244. The van der Waals surface area contributed by atoms with Crippen molar-refractivity contribution in [3.8, 4) is 0 Å². The molecule has 1 atom stereocenters. The average Bonchev–Trinajstić information content (AvgIpc) is 2.55. The summed E-state index contributed by atoms with van der Waals surface area (Å²) in [6.45, 7) is 10.6. The summed E-state index contributed by atoms with van der Waals surface area (Å²) < 4.78 is 5.82. The van der Waals surface area contributed by atoms with Gasteiger partial charge in [-0.1, -0.05) is 0 Å². The SMILES string of the molecule is CC1(C)C[C@@H](CN2CCN(c3ccc(C(=O)O)cc3)CC2)CCO1. The topological polar surface area (TPSA) is 53.0 Å². The van der Waals surface area contributed by atoms with E-state index in [1.807, 2.05) is 12.1 Å². The molecular weight excluding hydrogens is 304 g/mol. The van der Waals surface area contributed by atoms with Gasteiger partial charge in [0.05, 0.1) is 11.2 Å². The van der Waals surface area contributed by atoms with Crippen molar-refractivity contribution in [1.29, 1.82) is 0 Å². The molecule has 2 fully saturated rings. The summed E-state index contributed by atoms with van der Waals surface area (Å²) in [4.78, 5) is 15.8. The molecule has 5 nitrogen and oxygen atoms in total. The standard InChI is InChI=1S/C19H28N2O3/c1-19(2)13-15(7-12-24-19)14-20-8-10-21(11-9-20)17-5-3-16(4-6-17)18(22)23/h3-6,15H,7-14H2,1-2H3,(H,22,23)/t15-/m0/s1.